The van der Waals surface area contributed by atoms with Crippen molar-refractivity contribution in [2.45, 2.75) is 0 Å². The summed E-state index contributed by atoms with van der Waals surface area (Å²) in [5, 5.41) is 2.74. The summed E-state index contributed by atoms with van der Waals surface area (Å²) >= 11 is 3.34. The molecule has 0 aliphatic heterocycles. The van der Waals surface area contributed by atoms with Crippen LogP contribution in [0.2, 0.25) is 0 Å². The van der Waals surface area contributed by atoms with E-state index in [-0.39, 0.29) is 6.54 Å². The number of rotatable bonds is 7. The van der Waals surface area contributed by atoms with Crippen molar-refractivity contribution in [3.63, 3.8) is 0 Å². The highest BCUT2D eigenvalue weighted by Crippen LogP contribution is 2.30. The van der Waals surface area contributed by atoms with E-state index in [2.05, 4.69) is 21.2 Å². The summed E-state index contributed by atoms with van der Waals surface area (Å²) in [5.41, 5.74) is 0.834. The predicted molar refractivity (Wildman–Crippen MR) is 118 cm³/mol. The third kappa shape index (κ3) is 5.58. The largest absolute Gasteiger partial charge is 0.455 e. The molecule has 0 fully saturated rings. The number of hydrogen-bond donors (Lipinski definition) is 1. The van der Waals surface area contributed by atoms with Crippen molar-refractivity contribution in [2.75, 3.05) is 22.4 Å². The molecule has 0 heterocycles. The minimum absolute atomic E-state index is 0.374. The zero-order chi connectivity index (χ0) is 20.9. The van der Waals surface area contributed by atoms with Gasteiger partial charge >= 0.3 is 0 Å². The van der Waals surface area contributed by atoms with Crippen molar-refractivity contribution in [1.29, 1.82) is 0 Å². The van der Waals surface area contributed by atoms with Gasteiger partial charge in [0.2, 0.25) is 15.9 Å². The predicted octanol–water partition coefficient (Wildman–Crippen LogP) is 4.65. The Bertz CT molecular complexity index is 1100. The first kappa shape index (κ1) is 20.9. The van der Waals surface area contributed by atoms with E-state index in [0.29, 0.717) is 27.3 Å². The second-order valence-corrected chi connectivity index (χ2v) is 8.94. The van der Waals surface area contributed by atoms with Crippen LogP contribution in [0.4, 0.5) is 11.4 Å². The van der Waals surface area contributed by atoms with Crippen LogP contribution in [0.5, 0.6) is 11.5 Å². The molecule has 150 valence electrons. The average Bonchev–Trinajstić information content (AvgIpc) is 2.68. The minimum Gasteiger partial charge on any atom is -0.455 e. The van der Waals surface area contributed by atoms with Crippen LogP contribution in [0.3, 0.4) is 0 Å². The number of anilines is 2. The van der Waals surface area contributed by atoms with Crippen molar-refractivity contribution >= 4 is 43.2 Å². The molecule has 0 spiro atoms. The summed E-state index contributed by atoms with van der Waals surface area (Å²) in [4.78, 5) is 12.7. The van der Waals surface area contributed by atoms with E-state index < -0.39 is 15.9 Å². The molecule has 0 unspecified atom stereocenters. The minimum atomic E-state index is -3.68. The maximum absolute atomic E-state index is 12.7. The molecule has 3 rings (SSSR count). The molecule has 0 bridgehead atoms. The van der Waals surface area contributed by atoms with E-state index in [9.17, 15) is 13.2 Å². The number of carbonyl (C=O) groups excluding carboxylic acids is 1. The Morgan fingerprint density at radius 1 is 0.966 bits per heavy atom. The average molecular weight is 475 g/mol. The second-order valence-electron chi connectivity index (χ2n) is 6.18. The number of amides is 1. The Morgan fingerprint density at radius 2 is 1.59 bits per heavy atom. The standard InChI is InChI=1S/C21H19BrN2O4S/c1-29(26,27)24(19-13-7-5-11-17(19)22)15-21(25)23-18-12-6-8-14-20(18)28-16-9-3-2-4-10-16/h2-14H,15H2,1H3,(H,23,25). The summed E-state index contributed by atoms with van der Waals surface area (Å²) in [6.45, 7) is -0.374. The first-order valence-electron chi connectivity index (χ1n) is 8.68. The fourth-order valence-corrected chi connectivity index (χ4v) is 4.11. The Hall–Kier alpha value is -2.84. The molecule has 1 amide bonds. The molecule has 29 heavy (non-hydrogen) atoms. The van der Waals surface area contributed by atoms with Crippen LogP contribution in [0, 0.1) is 0 Å². The molecule has 0 aromatic heterocycles. The SMILES string of the molecule is CS(=O)(=O)N(CC(=O)Nc1ccccc1Oc1ccccc1)c1ccccc1Br. The van der Waals surface area contributed by atoms with Crippen molar-refractivity contribution < 1.29 is 17.9 Å². The topological polar surface area (TPSA) is 75.7 Å². The second kappa shape index (κ2) is 9.11. The molecule has 3 aromatic rings. The van der Waals surface area contributed by atoms with E-state index in [4.69, 9.17) is 4.74 Å². The van der Waals surface area contributed by atoms with Gasteiger partial charge in [0.1, 0.15) is 12.3 Å². The number of carbonyl (C=O) groups is 1. The van der Waals surface area contributed by atoms with Crippen LogP contribution in [0.25, 0.3) is 0 Å². The summed E-state index contributed by atoms with van der Waals surface area (Å²) < 4.78 is 32.0. The molecule has 0 saturated heterocycles. The molecule has 0 aliphatic carbocycles. The quantitative estimate of drug-likeness (QED) is 0.540. The molecule has 0 aliphatic rings. The normalized spacial score (nSPS) is 11.0. The number of ether oxygens (including phenoxy) is 1. The van der Waals surface area contributed by atoms with Gasteiger partial charge in [-0.15, -0.1) is 0 Å². The van der Waals surface area contributed by atoms with Crippen molar-refractivity contribution in [2.24, 2.45) is 0 Å². The van der Waals surface area contributed by atoms with Crippen molar-refractivity contribution in [1.82, 2.24) is 0 Å². The smallest absolute Gasteiger partial charge is 0.245 e. The Labute approximate surface area is 178 Å². The number of benzene rings is 3. The fourth-order valence-electron chi connectivity index (χ4n) is 2.63. The van der Waals surface area contributed by atoms with Crippen LogP contribution in [-0.4, -0.2) is 27.1 Å². The maximum Gasteiger partial charge on any atom is 0.245 e. The maximum atomic E-state index is 12.7. The van der Waals surface area contributed by atoms with Gasteiger partial charge in [0.15, 0.2) is 5.75 Å². The fraction of sp³-hybridized carbons (Fsp3) is 0.0952. The third-order valence-electron chi connectivity index (χ3n) is 3.94. The van der Waals surface area contributed by atoms with Crippen LogP contribution >= 0.6 is 15.9 Å². The summed E-state index contributed by atoms with van der Waals surface area (Å²) in [7, 11) is -3.68. The lowest BCUT2D eigenvalue weighted by atomic mass is 10.2. The van der Waals surface area contributed by atoms with Crippen molar-refractivity contribution in [3.8, 4) is 11.5 Å². The van der Waals surface area contributed by atoms with Gasteiger partial charge < -0.3 is 10.1 Å². The lowest BCUT2D eigenvalue weighted by molar-refractivity contribution is -0.114. The molecule has 6 nitrogen and oxygen atoms in total. The highest BCUT2D eigenvalue weighted by molar-refractivity contribution is 9.10. The molecule has 1 N–H and O–H groups in total. The first-order valence-corrected chi connectivity index (χ1v) is 11.3. The Kier molecular flexibility index (Phi) is 6.56. The van der Waals surface area contributed by atoms with Gasteiger partial charge in [-0.05, 0) is 52.3 Å². The zero-order valence-corrected chi connectivity index (χ0v) is 18.0. The molecule has 3 aromatic carbocycles. The Morgan fingerprint density at radius 3 is 2.28 bits per heavy atom. The lowest BCUT2D eigenvalue weighted by Crippen LogP contribution is -2.37. The highest BCUT2D eigenvalue weighted by Gasteiger charge is 2.23. The third-order valence-corrected chi connectivity index (χ3v) is 5.74. The van der Waals surface area contributed by atoms with Gasteiger partial charge in [0.05, 0.1) is 17.6 Å². The number of hydrogen-bond acceptors (Lipinski definition) is 4. The van der Waals surface area contributed by atoms with E-state index in [1.54, 1.807) is 60.7 Å². The van der Waals surface area contributed by atoms with Crippen molar-refractivity contribution in [3.05, 3.63) is 83.3 Å². The molecule has 0 radical (unpaired) electrons. The first-order chi connectivity index (χ1) is 13.8. The molecule has 0 atom stereocenters. The van der Waals surface area contributed by atoms with Gasteiger partial charge in [-0.1, -0.05) is 42.5 Å². The highest BCUT2D eigenvalue weighted by atomic mass is 79.9. The summed E-state index contributed by atoms with van der Waals surface area (Å²) in [6.07, 6.45) is 1.06. The van der Waals surface area contributed by atoms with E-state index in [1.165, 1.54) is 0 Å². The van der Waals surface area contributed by atoms with Gasteiger partial charge in [-0.25, -0.2) is 8.42 Å². The van der Waals surface area contributed by atoms with Gasteiger partial charge in [-0.2, -0.15) is 0 Å². The lowest BCUT2D eigenvalue weighted by Gasteiger charge is -2.23. The molecule has 0 saturated carbocycles. The van der Waals surface area contributed by atoms with E-state index in [0.717, 1.165) is 10.6 Å². The van der Waals surface area contributed by atoms with Crippen LogP contribution in [-0.2, 0) is 14.8 Å². The monoisotopic (exact) mass is 474 g/mol. The van der Waals surface area contributed by atoms with Crippen LogP contribution in [0.1, 0.15) is 0 Å². The van der Waals surface area contributed by atoms with E-state index in [1.807, 2.05) is 18.2 Å². The number of para-hydroxylation sites is 4. The summed E-state index contributed by atoms with van der Waals surface area (Å²) in [5.74, 6) is 0.592. The summed E-state index contributed by atoms with van der Waals surface area (Å²) in [6, 6.07) is 23.0. The molecule has 8 heteroatoms. The number of sulfonamides is 1. The van der Waals surface area contributed by atoms with Gasteiger partial charge in [0.25, 0.3) is 0 Å². The number of nitrogens with zero attached hydrogens (tertiary/aromatic N) is 1. The van der Waals surface area contributed by atoms with Crippen LogP contribution < -0.4 is 14.4 Å². The van der Waals surface area contributed by atoms with Crippen LogP contribution in [0.15, 0.2) is 83.3 Å². The number of nitrogens with one attached hydrogen (secondary N) is 1. The van der Waals surface area contributed by atoms with Gasteiger partial charge in [0, 0.05) is 4.47 Å². The number of halogens is 1. The molecular formula is C21H19BrN2O4S. The van der Waals surface area contributed by atoms with E-state index >= 15 is 0 Å². The Balaban J connectivity index is 1.80. The molecular weight excluding hydrogens is 456 g/mol. The zero-order valence-electron chi connectivity index (χ0n) is 15.6. The van der Waals surface area contributed by atoms with Gasteiger partial charge in [-0.3, -0.25) is 9.10 Å².